The summed E-state index contributed by atoms with van der Waals surface area (Å²) in [7, 11) is 0. The van der Waals surface area contributed by atoms with Crippen molar-refractivity contribution in [2.24, 2.45) is 0 Å². The Morgan fingerprint density at radius 3 is 2.51 bits per heavy atom. The van der Waals surface area contributed by atoms with Crippen LogP contribution < -0.4 is 5.32 Å². The average Bonchev–Trinajstić information content (AvgIpc) is 3.55. The van der Waals surface area contributed by atoms with E-state index in [1.54, 1.807) is 23.0 Å². The van der Waals surface area contributed by atoms with E-state index in [2.05, 4.69) is 10.3 Å². The first kappa shape index (κ1) is 22.9. The number of aromatic nitrogens is 2. The molecule has 0 saturated heterocycles. The minimum absolute atomic E-state index is 0.0362. The second kappa shape index (κ2) is 10.2. The normalized spacial score (nSPS) is 17.4. The average molecular weight is 474 g/mol. The molecule has 0 aliphatic heterocycles. The SMILES string of the molecule is O=C(N[C@@H]1CCC[C@H]1OCc1ccccc1)c1cncn1-c1ccc(-c2ccc(F)c(F)c2)cc1. The van der Waals surface area contributed by atoms with Crippen molar-refractivity contribution in [3.05, 3.63) is 108 Å². The van der Waals surface area contributed by atoms with Crippen LogP contribution in [-0.4, -0.2) is 27.6 Å². The van der Waals surface area contributed by atoms with Crippen LogP contribution in [-0.2, 0) is 11.3 Å². The summed E-state index contributed by atoms with van der Waals surface area (Å²) in [4.78, 5) is 17.3. The zero-order chi connectivity index (χ0) is 24.2. The summed E-state index contributed by atoms with van der Waals surface area (Å²) >= 11 is 0. The topological polar surface area (TPSA) is 56.1 Å². The molecule has 1 aliphatic rings. The first-order chi connectivity index (χ1) is 17.1. The fourth-order valence-electron chi connectivity index (χ4n) is 4.47. The van der Waals surface area contributed by atoms with Crippen molar-refractivity contribution >= 4 is 5.91 Å². The Morgan fingerprint density at radius 1 is 0.971 bits per heavy atom. The number of carbonyl (C=O) groups is 1. The molecule has 0 unspecified atom stereocenters. The molecule has 5 nitrogen and oxygen atoms in total. The maximum absolute atomic E-state index is 13.6. The molecule has 1 aromatic heterocycles. The van der Waals surface area contributed by atoms with Crippen molar-refractivity contribution in [2.75, 3.05) is 0 Å². The van der Waals surface area contributed by atoms with Gasteiger partial charge in [-0.05, 0) is 60.2 Å². The molecule has 35 heavy (non-hydrogen) atoms. The van der Waals surface area contributed by atoms with Crippen LogP contribution in [0.4, 0.5) is 8.78 Å². The van der Waals surface area contributed by atoms with E-state index >= 15 is 0 Å². The number of hydrogen-bond donors (Lipinski definition) is 1. The second-order valence-corrected chi connectivity index (χ2v) is 8.67. The van der Waals surface area contributed by atoms with E-state index in [0.29, 0.717) is 17.9 Å². The molecule has 1 fully saturated rings. The minimum Gasteiger partial charge on any atom is -0.371 e. The van der Waals surface area contributed by atoms with Gasteiger partial charge in [0, 0.05) is 5.69 Å². The third kappa shape index (κ3) is 5.15. The molecular weight excluding hydrogens is 448 g/mol. The van der Waals surface area contributed by atoms with Gasteiger partial charge in [0.15, 0.2) is 11.6 Å². The molecule has 3 aromatic carbocycles. The van der Waals surface area contributed by atoms with Gasteiger partial charge in [0.2, 0.25) is 0 Å². The lowest BCUT2D eigenvalue weighted by Crippen LogP contribution is -2.41. The van der Waals surface area contributed by atoms with E-state index in [1.165, 1.54) is 12.3 Å². The Bertz CT molecular complexity index is 1310. The number of imidazole rings is 1. The lowest BCUT2D eigenvalue weighted by Gasteiger charge is -2.22. The van der Waals surface area contributed by atoms with Crippen molar-refractivity contribution in [3.63, 3.8) is 0 Å². The van der Waals surface area contributed by atoms with Gasteiger partial charge < -0.3 is 10.1 Å². The Morgan fingerprint density at radius 2 is 1.74 bits per heavy atom. The van der Waals surface area contributed by atoms with Crippen LogP contribution in [0.15, 0.2) is 85.3 Å². The van der Waals surface area contributed by atoms with Gasteiger partial charge in [-0.15, -0.1) is 0 Å². The quantitative estimate of drug-likeness (QED) is 0.375. The molecule has 0 spiro atoms. The van der Waals surface area contributed by atoms with E-state index in [4.69, 9.17) is 4.74 Å². The van der Waals surface area contributed by atoms with Crippen LogP contribution in [0.25, 0.3) is 16.8 Å². The molecule has 0 bridgehead atoms. The third-order valence-electron chi connectivity index (χ3n) is 6.35. The third-order valence-corrected chi connectivity index (χ3v) is 6.35. The van der Waals surface area contributed by atoms with E-state index in [0.717, 1.165) is 48.2 Å². The number of nitrogens with one attached hydrogen (secondary N) is 1. The van der Waals surface area contributed by atoms with E-state index in [-0.39, 0.29) is 18.1 Å². The molecular formula is C28H25F2N3O2. The first-order valence-electron chi connectivity index (χ1n) is 11.6. The number of halogens is 2. The zero-order valence-corrected chi connectivity index (χ0v) is 19.0. The maximum atomic E-state index is 13.6. The van der Waals surface area contributed by atoms with Gasteiger partial charge in [0.1, 0.15) is 5.69 Å². The molecule has 1 aliphatic carbocycles. The fourth-order valence-corrected chi connectivity index (χ4v) is 4.47. The Hall–Kier alpha value is -3.84. The highest BCUT2D eigenvalue weighted by molar-refractivity contribution is 5.93. The number of nitrogens with zero attached hydrogens (tertiary/aromatic N) is 2. The summed E-state index contributed by atoms with van der Waals surface area (Å²) in [6.07, 6.45) is 5.85. The Labute approximate surface area is 202 Å². The van der Waals surface area contributed by atoms with Gasteiger partial charge in [0.25, 0.3) is 5.91 Å². The monoisotopic (exact) mass is 473 g/mol. The van der Waals surface area contributed by atoms with E-state index < -0.39 is 11.6 Å². The highest BCUT2D eigenvalue weighted by atomic mass is 19.2. The maximum Gasteiger partial charge on any atom is 0.270 e. The van der Waals surface area contributed by atoms with Gasteiger partial charge in [0.05, 0.1) is 31.3 Å². The lowest BCUT2D eigenvalue weighted by molar-refractivity contribution is 0.0271. The van der Waals surface area contributed by atoms with Crippen molar-refractivity contribution in [1.29, 1.82) is 0 Å². The summed E-state index contributed by atoms with van der Waals surface area (Å²) in [5.41, 5.74) is 3.57. The van der Waals surface area contributed by atoms with Gasteiger partial charge in [-0.2, -0.15) is 0 Å². The summed E-state index contributed by atoms with van der Waals surface area (Å²) in [5, 5.41) is 3.12. The minimum atomic E-state index is -0.891. The summed E-state index contributed by atoms with van der Waals surface area (Å²) < 4.78 is 34.7. The Kier molecular flexibility index (Phi) is 6.68. The van der Waals surface area contributed by atoms with Gasteiger partial charge >= 0.3 is 0 Å². The van der Waals surface area contributed by atoms with Crippen molar-refractivity contribution < 1.29 is 18.3 Å². The number of carbonyl (C=O) groups excluding carboxylic acids is 1. The van der Waals surface area contributed by atoms with Gasteiger partial charge in [-0.25, -0.2) is 13.8 Å². The summed E-state index contributed by atoms with van der Waals surface area (Å²) in [5.74, 6) is -1.99. The summed E-state index contributed by atoms with van der Waals surface area (Å²) in [6, 6.07) is 21.0. The molecule has 1 saturated carbocycles. The number of amides is 1. The molecule has 7 heteroatoms. The van der Waals surface area contributed by atoms with Crippen LogP contribution in [0.2, 0.25) is 0 Å². The summed E-state index contributed by atoms with van der Waals surface area (Å²) in [6.45, 7) is 0.514. The van der Waals surface area contributed by atoms with Crippen molar-refractivity contribution in [3.8, 4) is 16.8 Å². The molecule has 4 aromatic rings. The highest BCUT2D eigenvalue weighted by Crippen LogP contribution is 2.25. The first-order valence-corrected chi connectivity index (χ1v) is 11.6. The number of rotatable bonds is 7. The van der Waals surface area contributed by atoms with Gasteiger partial charge in [-0.1, -0.05) is 48.5 Å². The van der Waals surface area contributed by atoms with Crippen LogP contribution in [0, 0.1) is 11.6 Å². The Balaban J connectivity index is 1.27. The molecule has 1 heterocycles. The molecule has 0 radical (unpaired) electrons. The van der Waals surface area contributed by atoms with Crippen LogP contribution in [0.5, 0.6) is 0 Å². The largest absolute Gasteiger partial charge is 0.371 e. The van der Waals surface area contributed by atoms with Crippen LogP contribution in [0.1, 0.15) is 35.3 Å². The van der Waals surface area contributed by atoms with E-state index in [1.807, 2.05) is 42.5 Å². The number of benzene rings is 3. The zero-order valence-electron chi connectivity index (χ0n) is 19.0. The standard InChI is InChI=1S/C28H25F2N3O2/c29-23-14-11-21(15-24(23)30)20-9-12-22(13-10-20)33-18-31-16-26(33)28(34)32-25-7-4-8-27(25)35-17-19-5-2-1-3-6-19/h1-3,5-6,9-16,18,25,27H,4,7-8,17H2,(H,32,34)/t25-,27-/m1/s1. The van der Waals surface area contributed by atoms with Crippen LogP contribution in [0.3, 0.4) is 0 Å². The van der Waals surface area contributed by atoms with Crippen LogP contribution >= 0.6 is 0 Å². The fraction of sp³-hybridized carbons (Fsp3) is 0.214. The molecule has 1 amide bonds. The molecule has 5 rings (SSSR count). The van der Waals surface area contributed by atoms with Gasteiger partial charge in [-0.3, -0.25) is 9.36 Å². The van der Waals surface area contributed by atoms with Crippen molar-refractivity contribution in [1.82, 2.24) is 14.9 Å². The molecule has 1 N–H and O–H groups in total. The predicted molar refractivity (Wildman–Crippen MR) is 129 cm³/mol. The highest BCUT2D eigenvalue weighted by Gasteiger charge is 2.30. The second-order valence-electron chi connectivity index (χ2n) is 8.67. The predicted octanol–water partition coefficient (Wildman–Crippen LogP) is 5.69. The van der Waals surface area contributed by atoms with E-state index in [9.17, 15) is 13.6 Å². The smallest absolute Gasteiger partial charge is 0.270 e. The molecule has 2 atom stereocenters. The van der Waals surface area contributed by atoms with Crippen molar-refractivity contribution in [2.45, 2.75) is 38.0 Å². The molecule has 178 valence electrons. The number of ether oxygens (including phenoxy) is 1. The number of hydrogen-bond acceptors (Lipinski definition) is 3. The lowest BCUT2D eigenvalue weighted by atomic mass is 10.1.